The monoisotopic (exact) mass is 456 g/mol. The maximum Gasteiger partial charge on any atom is 0.341 e. The molecular formula is C19H21ClN2O5S2. The van der Waals surface area contributed by atoms with Crippen LogP contribution < -0.4 is 5.32 Å². The van der Waals surface area contributed by atoms with Gasteiger partial charge in [0.15, 0.2) is 0 Å². The molecule has 156 valence electrons. The Balaban J connectivity index is 1.78. The Morgan fingerprint density at radius 1 is 1.21 bits per heavy atom. The SMILES string of the molecule is COC(=O)c1c(NC(=O)CN(C)S(=O)(=O)c2ccc(Cl)cc2)sc2c1CCCC2. The number of methoxy groups -OCH3 is 1. The van der Waals surface area contributed by atoms with E-state index in [1.54, 1.807) is 0 Å². The van der Waals surface area contributed by atoms with Crippen LogP contribution in [0.15, 0.2) is 29.2 Å². The second-order valence-corrected chi connectivity index (χ2v) is 10.3. The summed E-state index contributed by atoms with van der Waals surface area (Å²) in [5.74, 6) is -1.03. The predicted octanol–water partition coefficient (Wildman–Crippen LogP) is 3.33. The molecule has 2 aromatic rings. The summed E-state index contributed by atoms with van der Waals surface area (Å²) in [4.78, 5) is 25.9. The molecule has 0 saturated heterocycles. The van der Waals surface area contributed by atoms with Crippen LogP contribution in [0.4, 0.5) is 5.00 Å². The van der Waals surface area contributed by atoms with E-state index in [2.05, 4.69) is 5.32 Å². The van der Waals surface area contributed by atoms with E-state index in [0.29, 0.717) is 15.6 Å². The first-order chi connectivity index (χ1) is 13.7. The molecule has 0 unspecified atom stereocenters. The van der Waals surface area contributed by atoms with Gasteiger partial charge in [-0.25, -0.2) is 13.2 Å². The number of esters is 1. The van der Waals surface area contributed by atoms with Crippen LogP contribution in [0.3, 0.4) is 0 Å². The minimum absolute atomic E-state index is 0.0408. The molecule has 0 bridgehead atoms. The maximum absolute atomic E-state index is 12.6. The average Bonchev–Trinajstić information content (AvgIpc) is 3.05. The van der Waals surface area contributed by atoms with Crippen molar-refractivity contribution < 1.29 is 22.7 Å². The van der Waals surface area contributed by atoms with Crippen molar-refractivity contribution in [1.29, 1.82) is 0 Å². The number of carbonyl (C=O) groups is 2. The van der Waals surface area contributed by atoms with E-state index in [9.17, 15) is 18.0 Å². The third kappa shape index (κ3) is 4.63. The molecule has 1 amide bonds. The van der Waals surface area contributed by atoms with Gasteiger partial charge in [0.05, 0.1) is 24.1 Å². The minimum atomic E-state index is -3.85. The van der Waals surface area contributed by atoms with E-state index in [4.69, 9.17) is 16.3 Å². The summed E-state index contributed by atoms with van der Waals surface area (Å²) in [6.45, 7) is -0.395. The molecule has 0 fully saturated rings. The lowest BCUT2D eigenvalue weighted by Crippen LogP contribution is -2.35. The molecule has 29 heavy (non-hydrogen) atoms. The normalized spacial score (nSPS) is 13.8. The van der Waals surface area contributed by atoms with Crippen LogP contribution in [0.1, 0.15) is 33.6 Å². The highest BCUT2D eigenvalue weighted by molar-refractivity contribution is 7.89. The summed E-state index contributed by atoms with van der Waals surface area (Å²) in [5, 5.41) is 3.52. The van der Waals surface area contributed by atoms with Gasteiger partial charge in [-0.2, -0.15) is 4.31 Å². The van der Waals surface area contributed by atoms with E-state index in [1.807, 2.05) is 0 Å². The smallest absolute Gasteiger partial charge is 0.341 e. The number of nitrogens with one attached hydrogen (secondary N) is 1. The molecule has 1 aromatic carbocycles. The Morgan fingerprint density at radius 3 is 2.52 bits per heavy atom. The number of thiophene rings is 1. The summed E-state index contributed by atoms with van der Waals surface area (Å²) in [7, 11) is -1.23. The number of aryl methyl sites for hydroxylation is 1. The van der Waals surface area contributed by atoms with E-state index >= 15 is 0 Å². The third-order valence-electron chi connectivity index (χ3n) is 4.70. The molecule has 1 aliphatic carbocycles. The molecule has 0 spiro atoms. The number of sulfonamides is 1. The molecule has 0 saturated carbocycles. The zero-order valence-electron chi connectivity index (χ0n) is 16.0. The second kappa shape index (κ2) is 8.83. The molecule has 1 aliphatic rings. The number of anilines is 1. The molecule has 0 atom stereocenters. The minimum Gasteiger partial charge on any atom is -0.465 e. The number of hydrogen-bond acceptors (Lipinski definition) is 6. The number of carbonyl (C=O) groups excluding carboxylic acids is 2. The van der Waals surface area contributed by atoms with Crippen LogP contribution in [0, 0.1) is 0 Å². The van der Waals surface area contributed by atoms with Gasteiger partial charge in [-0.15, -0.1) is 11.3 Å². The molecule has 10 heteroatoms. The number of amides is 1. The Hall–Kier alpha value is -1.94. The second-order valence-electron chi connectivity index (χ2n) is 6.67. The highest BCUT2D eigenvalue weighted by Crippen LogP contribution is 2.38. The van der Waals surface area contributed by atoms with Gasteiger partial charge in [0.25, 0.3) is 0 Å². The molecule has 0 radical (unpaired) electrons. The number of benzene rings is 1. The molecule has 0 aliphatic heterocycles. The van der Waals surface area contributed by atoms with E-state index in [1.165, 1.54) is 49.8 Å². The van der Waals surface area contributed by atoms with Crippen LogP contribution in [0.2, 0.25) is 5.02 Å². The summed E-state index contributed by atoms with van der Waals surface area (Å²) in [6.07, 6.45) is 3.62. The largest absolute Gasteiger partial charge is 0.465 e. The van der Waals surface area contributed by atoms with E-state index < -0.39 is 28.4 Å². The lowest BCUT2D eigenvalue weighted by atomic mass is 9.95. The first kappa shape index (κ1) is 21.8. The molecule has 1 aromatic heterocycles. The van der Waals surface area contributed by atoms with Crippen molar-refractivity contribution in [3.05, 3.63) is 45.3 Å². The average molecular weight is 457 g/mol. The van der Waals surface area contributed by atoms with E-state index in [0.717, 1.165) is 40.4 Å². The Bertz CT molecular complexity index is 1030. The van der Waals surface area contributed by atoms with Gasteiger partial charge >= 0.3 is 5.97 Å². The molecular weight excluding hydrogens is 436 g/mol. The van der Waals surface area contributed by atoms with Crippen molar-refractivity contribution >= 4 is 49.8 Å². The van der Waals surface area contributed by atoms with Crippen molar-refractivity contribution in [2.75, 3.05) is 26.0 Å². The maximum atomic E-state index is 12.6. The van der Waals surface area contributed by atoms with Crippen molar-refractivity contribution in [3.63, 3.8) is 0 Å². The van der Waals surface area contributed by atoms with Gasteiger partial charge in [0, 0.05) is 16.9 Å². The fraction of sp³-hybridized carbons (Fsp3) is 0.368. The Labute approximate surface area is 178 Å². The number of nitrogens with zero attached hydrogens (tertiary/aromatic N) is 1. The van der Waals surface area contributed by atoms with Gasteiger partial charge in [-0.3, -0.25) is 4.79 Å². The number of fused-ring (bicyclic) bond motifs is 1. The Kier molecular flexibility index (Phi) is 6.62. The highest BCUT2D eigenvalue weighted by Gasteiger charge is 2.28. The molecule has 3 rings (SSSR count). The van der Waals surface area contributed by atoms with E-state index in [-0.39, 0.29) is 4.90 Å². The fourth-order valence-corrected chi connectivity index (χ4v) is 5.76. The molecule has 7 nitrogen and oxygen atoms in total. The topological polar surface area (TPSA) is 92.8 Å². The van der Waals surface area contributed by atoms with Gasteiger partial charge in [0.1, 0.15) is 5.00 Å². The number of likely N-dealkylation sites (N-methyl/N-ethyl adjacent to an activating group) is 1. The zero-order chi connectivity index (χ0) is 21.2. The van der Waals surface area contributed by atoms with Crippen molar-refractivity contribution in [1.82, 2.24) is 4.31 Å². The first-order valence-electron chi connectivity index (χ1n) is 8.98. The van der Waals surface area contributed by atoms with Gasteiger partial charge in [-0.1, -0.05) is 11.6 Å². The first-order valence-corrected chi connectivity index (χ1v) is 11.6. The summed E-state index contributed by atoms with van der Waals surface area (Å²) in [6, 6.07) is 5.71. The quantitative estimate of drug-likeness (QED) is 0.673. The summed E-state index contributed by atoms with van der Waals surface area (Å²) in [5.41, 5.74) is 1.30. The van der Waals surface area contributed by atoms with Crippen LogP contribution >= 0.6 is 22.9 Å². The summed E-state index contributed by atoms with van der Waals surface area (Å²) < 4.78 is 31.1. The van der Waals surface area contributed by atoms with Gasteiger partial charge < -0.3 is 10.1 Å². The lowest BCUT2D eigenvalue weighted by molar-refractivity contribution is -0.116. The number of ether oxygens (including phenoxy) is 1. The van der Waals surface area contributed by atoms with Gasteiger partial charge in [0.2, 0.25) is 15.9 Å². The van der Waals surface area contributed by atoms with Crippen LogP contribution in [0.5, 0.6) is 0 Å². The predicted molar refractivity (Wildman–Crippen MR) is 112 cm³/mol. The fourth-order valence-electron chi connectivity index (χ4n) is 3.21. The number of halogens is 1. The van der Waals surface area contributed by atoms with Crippen LogP contribution in [-0.2, 0) is 32.4 Å². The number of rotatable bonds is 6. The highest BCUT2D eigenvalue weighted by atomic mass is 35.5. The lowest BCUT2D eigenvalue weighted by Gasteiger charge is -2.17. The van der Waals surface area contributed by atoms with Crippen molar-refractivity contribution in [2.45, 2.75) is 30.6 Å². The van der Waals surface area contributed by atoms with Crippen molar-refractivity contribution in [2.24, 2.45) is 0 Å². The summed E-state index contributed by atoms with van der Waals surface area (Å²) >= 11 is 7.15. The van der Waals surface area contributed by atoms with Crippen LogP contribution in [-0.4, -0.2) is 45.3 Å². The Morgan fingerprint density at radius 2 is 1.86 bits per heavy atom. The standard InChI is InChI=1S/C19H21ClN2O5S2/c1-22(29(25,26)13-9-7-12(20)8-10-13)11-16(23)21-18-17(19(24)27-2)14-5-3-4-6-15(14)28-18/h7-10H,3-6,11H2,1-2H3,(H,21,23). The van der Waals surface area contributed by atoms with Crippen molar-refractivity contribution in [3.8, 4) is 0 Å². The zero-order valence-corrected chi connectivity index (χ0v) is 18.4. The van der Waals surface area contributed by atoms with Gasteiger partial charge in [-0.05, 0) is 55.5 Å². The van der Waals surface area contributed by atoms with Crippen LogP contribution in [0.25, 0.3) is 0 Å². The third-order valence-corrected chi connectivity index (χ3v) is 7.98. The molecule has 1 heterocycles. The molecule has 1 N–H and O–H groups in total. The number of hydrogen-bond donors (Lipinski definition) is 1.